The summed E-state index contributed by atoms with van der Waals surface area (Å²) >= 11 is 0. The molecular weight excluding hydrogens is 216 g/mol. The van der Waals surface area contributed by atoms with Crippen LogP contribution in [-0.2, 0) is 4.74 Å². The van der Waals surface area contributed by atoms with Crippen LogP contribution in [0, 0.1) is 5.92 Å². The summed E-state index contributed by atoms with van der Waals surface area (Å²) in [7, 11) is 0. The Kier molecular flexibility index (Phi) is 3.34. The summed E-state index contributed by atoms with van der Waals surface area (Å²) in [5, 5.41) is 0. The number of nitrogens with two attached hydrogens (primary N) is 1. The Morgan fingerprint density at radius 1 is 1.35 bits per heavy atom. The van der Waals surface area contributed by atoms with Gasteiger partial charge in [0.1, 0.15) is 5.60 Å². The number of hydrogen-bond donors (Lipinski definition) is 1. The molecule has 2 rings (SSSR count). The molecule has 0 spiro atoms. The lowest BCUT2D eigenvalue weighted by Gasteiger charge is -2.29. The molecule has 2 atom stereocenters. The van der Waals surface area contributed by atoms with E-state index in [0.29, 0.717) is 0 Å². The number of likely N-dealkylation sites (tertiary alicyclic amines) is 1. The van der Waals surface area contributed by atoms with Gasteiger partial charge in [0.25, 0.3) is 0 Å². The molecule has 1 aliphatic carbocycles. The van der Waals surface area contributed by atoms with Crippen LogP contribution in [0.2, 0.25) is 0 Å². The Morgan fingerprint density at radius 2 is 2.00 bits per heavy atom. The molecule has 2 aliphatic rings. The van der Waals surface area contributed by atoms with Crippen molar-refractivity contribution in [2.45, 2.75) is 64.1 Å². The fourth-order valence-electron chi connectivity index (χ4n) is 2.42. The van der Waals surface area contributed by atoms with E-state index in [4.69, 9.17) is 10.5 Å². The highest BCUT2D eigenvalue weighted by atomic mass is 16.6. The van der Waals surface area contributed by atoms with E-state index >= 15 is 0 Å². The molecule has 4 heteroatoms. The highest BCUT2D eigenvalue weighted by Gasteiger charge is 2.40. The van der Waals surface area contributed by atoms with Crippen LogP contribution in [0.15, 0.2) is 0 Å². The molecule has 0 radical (unpaired) electrons. The van der Waals surface area contributed by atoms with E-state index in [1.165, 1.54) is 12.8 Å². The zero-order valence-electron chi connectivity index (χ0n) is 11.1. The van der Waals surface area contributed by atoms with Crippen molar-refractivity contribution in [2.24, 2.45) is 11.7 Å². The van der Waals surface area contributed by atoms with E-state index in [1.807, 2.05) is 25.7 Å². The minimum absolute atomic E-state index is 0.128. The summed E-state index contributed by atoms with van der Waals surface area (Å²) in [6.45, 7) is 6.44. The minimum Gasteiger partial charge on any atom is -0.444 e. The van der Waals surface area contributed by atoms with Crippen molar-refractivity contribution in [1.82, 2.24) is 4.90 Å². The first kappa shape index (κ1) is 12.7. The summed E-state index contributed by atoms with van der Waals surface area (Å²) in [5.41, 5.74) is 5.67. The first-order valence-corrected chi connectivity index (χ1v) is 6.62. The Labute approximate surface area is 103 Å². The molecule has 1 saturated heterocycles. The molecule has 1 saturated carbocycles. The van der Waals surface area contributed by atoms with E-state index in [-0.39, 0.29) is 18.2 Å². The van der Waals surface area contributed by atoms with Crippen molar-refractivity contribution < 1.29 is 9.53 Å². The molecule has 17 heavy (non-hydrogen) atoms. The Balaban J connectivity index is 1.95. The molecule has 1 aliphatic heterocycles. The zero-order valence-corrected chi connectivity index (χ0v) is 11.1. The number of carbonyl (C=O) groups is 1. The summed E-state index contributed by atoms with van der Waals surface area (Å²) < 4.78 is 5.43. The number of amides is 1. The highest BCUT2D eigenvalue weighted by molar-refractivity contribution is 5.69. The van der Waals surface area contributed by atoms with Crippen LogP contribution in [0.5, 0.6) is 0 Å². The van der Waals surface area contributed by atoms with Gasteiger partial charge in [0, 0.05) is 12.6 Å². The van der Waals surface area contributed by atoms with Gasteiger partial charge in [-0.2, -0.15) is 0 Å². The Bertz CT molecular complexity index is 294. The molecule has 2 fully saturated rings. The van der Waals surface area contributed by atoms with Crippen molar-refractivity contribution >= 4 is 6.09 Å². The van der Waals surface area contributed by atoms with E-state index in [9.17, 15) is 4.79 Å². The van der Waals surface area contributed by atoms with Crippen LogP contribution in [0.4, 0.5) is 4.79 Å². The third kappa shape index (κ3) is 3.35. The smallest absolute Gasteiger partial charge is 0.410 e. The predicted octanol–water partition coefficient (Wildman–Crippen LogP) is 2.12. The third-order valence-corrected chi connectivity index (χ3v) is 3.50. The topological polar surface area (TPSA) is 55.6 Å². The van der Waals surface area contributed by atoms with Crippen LogP contribution in [0.25, 0.3) is 0 Å². The largest absolute Gasteiger partial charge is 0.444 e. The Morgan fingerprint density at radius 3 is 2.53 bits per heavy atom. The van der Waals surface area contributed by atoms with Crippen molar-refractivity contribution in [3.63, 3.8) is 0 Å². The van der Waals surface area contributed by atoms with E-state index in [1.54, 1.807) is 0 Å². The summed E-state index contributed by atoms with van der Waals surface area (Å²) in [6.07, 6.45) is 4.35. The van der Waals surface area contributed by atoms with E-state index in [0.717, 1.165) is 25.3 Å². The average molecular weight is 240 g/mol. The van der Waals surface area contributed by atoms with Gasteiger partial charge in [-0.1, -0.05) is 12.8 Å². The zero-order chi connectivity index (χ0) is 12.6. The molecular formula is C13H24N2O2. The van der Waals surface area contributed by atoms with Crippen molar-refractivity contribution in [1.29, 1.82) is 0 Å². The van der Waals surface area contributed by atoms with Crippen molar-refractivity contribution in [3.8, 4) is 0 Å². The predicted molar refractivity (Wildman–Crippen MR) is 66.7 cm³/mol. The maximum atomic E-state index is 12.1. The standard InChI is InChI=1S/C13H24N2O2/c1-13(2,3)17-12(16)15-7-6-10(14)11(15)8-9-4-5-9/h9-11H,4-8,14H2,1-3H3/t10-,11+/m1/s1. The highest BCUT2D eigenvalue weighted by Crippen LogP contribution is 2.37. The summed E-state index contributed by atoms with van der Waals surface area (Å²) in [4.78, 5) is 13.9. The molecule has 0 bridgehead atoms. The first-order valence-electron chi connectivity index (χ1n) is 6.62. The number of hydrogen-bond acceptors (Lipinski definition) is 3. The van der Waals surface area contributed by atoms with Crippen molar-refractivity contribution in [3.05, 3.63) is 0 Å². The molecule has 1 heterocycles. The van der Waals surface area contributed by atoms with Crippen LogP contribution < -0.4 is 5.73 Å². The SMILES string of the molecule is CC(C)(C)OC(=O)N1CC[C@@H](N)[C@@H]1CC1CC1. The lowest BCUT2D eigenvalue weighted by atomic mass is 10.0. The molecule has 0 aromatic carbocycles. The van der Waals surface area contributed by atoms with Crippen LogP contribution in [0.3, 0.4) is 0 Å². The number of rotatable bonds is 2. The monoisotopic (exact) mass is 240 g/mol. The second-order valence-corrected chi connectivity index (χ2v) is 6.37. The van der Waals surface area contributed by atoms with Crippen LogP contribution >= 0.6 is 0 Å². The number of carbonyl (C=O) groups excluding carboxylic acids is 1. The fourth-order valence-corrected chi connectivity index (χ4v) is 2.42. The minimum atomic E-state index is -0.423. The molecule has 98 valence electrons. The molecule has 4 nitrogen and oxygen atoms in total. The summed E-state index contributed by atoms with van der Waals surface area (Å²) in [6, 6.07) is 0.320. The normalized spacial score (nSPS) is 29.5. The van der Waals surface area contributed by atoms with Gasteiger partial charge in [0.15, 0.2) is 0 Å². The maximum Gasteiger partial charge on any atom is 0.410 e. The molecule has 0 aromatic rings. The Hall–Kier alpha value is -0.770. The fraction of sp³-hybridized carbons (Fsp3) is 0.923. The molecule has 1 amide bonds. The van der Waals surface area contributed by atoms with Gasteiger partial charge >= 0.3 is 6.09 Å². The molecule has 0 aromatic heterocycles. The van der Waals surface area contributed by atoms with Gasteiger partial charge < -0.3 is 15.4 Å². The maximum absolute atomic E-state index is 12.1. The van der Waals surface area contributed by atoms with Crippen LogP contribution in [0.1, 0.15) is 46.5 Å². The molecule has 2 N–H and O–H groups in total. The lowest BCUT2D eigenvalue weighted by molar-refractivity contribution is 0.0210. The van der Waals surface area contributed by atoms with E-state index in [2.05, 4.69) is 0 Å². The third-order valence-electron chi connectivity index (χ3n) is 3.50. The van der Waals surface area contributed by atoms with Gasteiger partial charge in [-0.05, 0) is 39.5 Å². The van der Waals surface area contributed by atoms with Crippen molar-refractivity contribution in [2.75, 3.05) is 6.54 Å². The summed E-state index contributed by atoms with van der Waals surface area (Å²) in [5.74, 6) is 0.786. The average Bonchev–Trinajstić information content (AvgIpc) is 2.90. The van der Waals surface area contributed by atoms with Gasteiger partial charge in [0.2, 0.25) is 0 Å². The van der Waals surface area contributed by atoms with E-state index < -0.39 is 5.60 Å². The van der Waals surface area contributed by atoms with Crippen LogP contribution in [-0.4, -0.2) is 35.2 Å². The van der Waals surface area contributed by atoms with Gasteiger partial charge in [-0.15, -0.1) is 0 Å². The van der Waals surface area contributed by atoms with Gasteiger partial charge in [-0.3, -0.25) is 0 Å². The van der Waals surface area contributed by atoms with Gasteiger partial charge in [-0.25, -0.2) is 4.79 Å². The van der Waals surface area contributed by atoms with Gasteiger partial charge in [0.05, 0.1) is 6.04 Å². The first-order chi connectivity index (χ1) is 7.87. The lowest BCUT2D eigenvalue weighted by Crippen LogP contribution is -2.45. The second kappa shape index (κ2) is 4.48. The number of nitrogens with zero attached hydrogens (tertiary/aromatic N) is 1. The quantitative estimate of drug-likeness (QED) is 0.804. The second-order valence-electron chi connectivity index (χ2n) is 6.37. The molecule has 0 unspecified atom stereocenters. The number of ether oxygens (including phenoxy) is 1.